The molecule has 1 aromatic carbocycles. The van der Waals surface area contributed by atoms with E-state index in [1.54, 1.807) is 4.90 Å². The Balaban J connectivity index is 1.65. The Bertz CT molecular complexity index is 678. The van der Waals surface area contributed by atoms with Crippen molar-refractivity contribution in [2.75, 3.05) is 49.5 Å². The molecule has 2 heterocycles. The van der Waals surface area contributed by atoms with E-state index < -0.39 is 5.60 Å². The number of para-hydroxylation sites is 2. The van der Waals surface area contributed by atoms with Crippen molar-refractivity contribution in [1.29, 1.82) is 0 Å². The van der Waals surface area contributed by atoms with Crippen LogP contribution in [-0.2, 0) is 9.59 Å². The van der Waals surface area contributed by atoms with Gasteiger partial charge in [-0.25, -0.2) is 0 Å². The fourth-order valence-electron chi connectivity index (χ4n) is 3.67. The van der Waals surface area contributed by atoms with Crippen molar-refractivity contribution in [2.45, 2.75) is 32.4 Å². The number of benzene rings is 1. The van der Waals surface area contributed by atoms with Gasteiger partial charge >= 0.3 is 0 Å². The first kappa shape index (κ1) is 18.8. The van der Waals surface area contributed by atoms with Crippen molar-refractivity contribution >= 4 is 23.2 Å². The third-order valence-electron chi connectivity index (χ3n) is 4.96. The van der Waals surface area contributed by atoms with Gasteiger partial charge in [-0.3, -0.25) is 24.3 Å². The van der Waals surface area contributed by atoms with Gasteiger partial charge in [0.25, 0.3) is 0 Å². The van der Waals surface area contributed by atoms with Crippen LogP contribution in [0.1, 0.15) is 20.8 Å². The number of hydrogen-bond donors (Lipinski definition) is 2. The third-order valence-corrected chi connectivity index (χ3v) is 4.96. The summed E-state index contributed by atoms with van der Waals surface area (Å²) in [6, 6.07) is 7.10. The monoisotopic (exact) mass is 360 g/mol. The van der Waals surface area contributed by atoms with E-state index in [0.29, 0.717) is 12.2 Å². The molecule has 7 heteroatoms. The fraction of sp³-hybridized carbons (Fsp3) is 0.579. The molecule has 1 unspecified atom stereocenters. The van der Waals surface area contributed by atoms with Gasteiger partial charge in [-0.1, -0.05) is 12.1 Å². The third kappa shape index (κ3) is 4.23. The average molecular weight is 360 g/mol. The lowest BCUT2D eigenvalue weighted by Gasteiger charge is -2.41. The standard InChI is InChI=1S/C19H28N4O3/c1-14(22-10-8-21(9-11-22)13-19(2,3)26)18(25)23-12-17(24)20-15-6-4-5-7-16(15)23/h4-7,14,26H,8-13H2,1-3H3,(H,20,24). The summed E-state index contributed by atoms with van der Waals surface area (Å²) in [6.07, 6.45) is 0. The van der Waals surface area contributed by atoms with Crippen LogP contribution in [0.2, 0.25) is 0 Å². The molecule has 2 N–H and O–H groups in total. The lowest BCUT2D eigenvalue weighted by atomic mass is 10.1. The molecule has 1 atom stereocenters. The van der Waals surface area contributed by atoms with Crippen LogP contribution in [0, 0.1) is 0 Å². The van der Waals surface area contributed by atoms with E-state index in [1.807, 2.05) is 45.0 Å². The zero-order valence-corrected chi connectivity index (χ0v) is 15.7. The number of rotatable bonds is 4. The van der Waals surface area contributed by atoms with Crippen LogP contribution >= 0.6 is 0 Å². The number of aliphatic hydroxyl groups is 1. The number of β-amino-alcohol motifs (C(OH)–C–C–N with tert-alkyl or cyclic N) is 1. The minimum atomic E-state index is -0.714. The molecule has 2 amide bonds. The summed E-state index contributed by atoms with van der Waals surface area (Å²) in [7, 11) is 0. The molecule has 0 spiro atoms. The second kappa shape index (κ2) is 7.34. The van der Waals surface area contributed by atoms with Crippen molar-refractivity contribution in [3.63, 3.8) is 0 Å². The quantitative estimate of drug-likeness (QED) is 0.829. The molecule has 142 valence electrons. The van der Waals surface area contributed by atoms with Crippen molar-refractivity contribution in [2.24, 2.45) is 0 Å². The van der Waals surface area contributed by atoms with Crippen molar-refractivity contribution in [3.05, 3.63) is 24.3 Å². The smallest absolute Gasteiger partial charge is 0.244 e. The van der Waals surface area contributed by atoms with Crippen LogP contribution in [0.3, 0.4) is 0 Å². The number of piperazine rings is 1. The number of nitrogens with zero attached hydrogens (tertiary/aromatic N) is 3. The van der Waals surface area contributed by atoms with Crippen LogP contribution < -0.4 is 10.2 Å². The lowest BCUT2D eigenvalue weighted by molar-refractivity contribution is -0.126. The highest BCUT2D eigenvalue weighted by atomic mass is 16.3. The second-order valence-electron chi connectivity index (χ2n) is 7.79. The van der Waals surface area contributed by atoms with Gasteiger partial charge in [0.05, 0.1) is 23.0 Å². The molecular formula is C19H28N4O3. The number of fused-ring (bicyclic) bond motifs is 1. The Morgan fingerprint density at radius 1 is 1.23 bits per heavy atom. The maximum atomic E-state index is 13.1. The van der Waals surface area contributed by atoms with Gasteiger partial charge in [-0.15, -0.1) is 0 Å². The summed E-state index contributed by atoms with van der Waals surface area (Å²) in [6.45, 7) is 9.38. The predicted molar refractivity (Wildman–Crippen MR) is 101 cm³/mol. The highest BCUT2D eigenvalue weighted by Crippen LogP contribution is 2.29. The number of hydrogen-bond acceptors (Lipinski definition) is 5. The SMILES string of the molecule is CC(C(=O)N1CC(=O)Nc2ccccc21)N1CCN(CC(C)(C)O)CC1. The van der Waals surface area contributed by atoms with Crippen LogP contribution in [0.25, 0.3) is 0 Å². The summed E-state index contributed by atoms with van der Waals surface area (Å²) >= 11 is 0. The normalized spacial score (nSPS) is 20.5. The Labute approximate surface area is 154 Å². The van der Waals surface area contributed by atoms with Gasteiger partial charge in [0.1, 0.15) is 6.54 Å². The zero-order chi connectivity index (χ0) is 18.9. The van der Waals surface area contributed by atoms with Gasteiger partial charge in [-0.05, 0) is 32.9 Å². The minimum absolute atomic E-state index is 0.0526. The fourth-order valence-corrected chi connectivity index (χ4v) is 3.67. The second-order valence-corrected chi connectivity index (χ2v) is 7.79. The first-order valence-corrected chi connectivity index (χ1v) is 9.14. The molecule has 0 aliphatic carbocycles. The Morgan fingerprint density at radius 3 is 2.54 bits per heavy atom. The van der Waals surface area contributed by atoms with E-state index in [1.165, 1.54) is 0 Å². The number of amides is 2. The molecule has 3 rings (SSSR count). The van der Waals surface area contributed by atoms with Gasteiger partial charge in [0.15, 0.2) is 0 Å². The Morgan fingerprint density at radius 2 is 1.88 bits per heavy atom. The maximum Gasteiger partial charge on any atom is 0.244 e. The Kier molecular flexibility index (Phi) is 5.32. The molecule has 0 bridgehead atoms. The first-order chi connectivity index (χ1) is 12.2. The molecule has 1 saturated heterocycles. The summed E-state index contributed by atoms with van der Waals surface area (Å²) < 4.78 is 0. The van der Waals surface area contributed by atoms with Crippen LogP contribution in [-0.4, -0.2) is 77.6 Å². The van der Waals surface area contributed by atoms with Crippen LogP contribution in [0.4, 0.5) is 11.4 Å². The van der Waals surface area contributed by atoms with E-state index in [2.05, 4.69) is 15.1 Å². The topological polar surface area (TPSA) is 76.1 Å². The molecule has 1 fully saturated rings. The van der Waals surface area contributed by atoms with Crippen molar-refractivity contribution in [3.8, 4) is 0 Å². The minimum Gasteiger partial charge on any atom is -0.389 e. The molecule has 0 saturated carbocycles. The molecule has 0 radical (unpaired) electrons. The van der Waals surface area contributed by atoms with Crippen molar-refractivity contribution < 1.29 is 14.7 Å². The molecule has 2 aliphatic rings. The molecule has 1 aromatic rings. The van der Waals surface area contributed by atoms with E-state index >= 15 is 0 Å². The van der Waals surface area contributed by atoms with Gasteiger partial charge in [0, 0.05) is 32.7 Å². The van der Waals surface area contributed by atoms with Gasteiger partial charge in [-0.2, -0.15) is 0 Å². The predicted octanol–water partition coefficient (Wildman–Crippen LogP) is 0.749. The summed E-state index contributed by atoms with van der Waals surface area (Å²) in [5.41, 5.74) is 0.720. The number of anilines is 2. The molecule has 26 heavy (non-hydrogen) atoms. The first-order valence-electron chi connectivity index (χ1n) is 9.14. The summed E-state index contributed by atoms with van der Waals surface area (Å²) in [5, 5.41) is 12.8. The molecule has 2 aliphatic heterocycles. The average Bonchev–Trinajstić information content (AvgIpc) is 2.59. The summed E-state index contributed by atoms with van der Waals surface area (Å²) in [5.74, 6) is -0.220. The van der Waals surface area contributed by atoms with Crippen LogP contribution in [0.5, 0.6) is 0 Å². The lowest BCUT2D eigenvalue weighted by Crippen LogP contribution is -2.57. The van der Waals surface area contributed by atoms with Crippen molar-refractivity contribution in [1.82, 2.24) is 9.80 Å². The largest absolute Gasteiger partial charge is 0.389 e. The highest BCUT2D eigenvalue weighted by Gasteiger charge is 2.33. The Hall–Kier alpha value is -1.96. The van der Waals surface area contributed by atoms with Crippen LogP contribution in [0.15, 0.2) is 24.3 Å². The van der Waals surface area contributed by atoms with Gasteiger partial charge < -0.3 is 10.4 Å². The maximum absolute atomic E-state index is 13.1. The highest BCUT2D eigenvalue weighted by molar-refractivity contribution is 6.11. The summed E-state index contributed by atoms with van der Waals surface area (Å²) in [4.78, 5) is 31.0. The van der Waals surface area contributed by atoms with Gasteiger partial charge in [0.2, 0.25) is 11.8 Å². The number of nitrogens with one attached hydrogen (secondary N) is 1. The number of carbonyl (C=O) groups excluding carboxylic acids is 2. The van der Waals surface area contributed by atoms with E-state index in [4.69, 9.17) is 0 Å². The van der Waals surface area contributed by atoms with E-state index in [9.17, 15) is 14.7 Å². The molecule has 7 nitrogen and oxygen atoms in total. The molecular weight excluding hydrogens is 332 g/mol. The number of carbonyl (C=O) groups is 2. The molecule has 0 aromatic heterocycles. The van der Waals surface area contributed by atoms with E-state index in [-0.39, 0.29) is 24.4 Å². The van der Waals surface area contributed by atoms with E-state index in [0.717, 1.165) is 31.9 Å². The zero-order valence-electron chi connectivity index (χ0n) is 15.7.